The Morgan fingerprint density at radius 3 is 2.35 bits per heavy atom. The number of benzene rings is 1. The minimum Gasteiger partial charge on any atom is -0.258 e. The smallest absolute Gasteiger partial charge is 0.258 e. The third-order valence-corrected chi connectivity index (χ3v) is 3.69. The molecule has 0 amide bonds. The molecule has 0 fully saturated rings. The zero-order valence-corrected chi connectivity index (χ0v) is 9.81. The van der Waals surface area contributed by atoms with Gasteiger partial charge in [-0.25, -0.2) is 8.42 Å². The maximum atomic E-state index is 11.5. The molecule has 1 aromatic carbocycles. The fourth-order valence-electron chi connectivity index (χ4n) is 1.25. The van der Waals surface area contributed by atoms with E-state index in [1.165, 1.54) is 24.3 Å². The fraction of sp³-hybridized carbons (Fsp3) is 0.273. The van der Waals surface area contributed by atoms with E-state index >= 15 is 0 Å². The lowest BCUT2D eigenvalue weighted by atomic mass is 10.2. The average Bonchev–Trinajstić information content (AvgIpc) is 2.26. The minimum atomic E-state index is -3.24. The van der Waals surface area contributed by atoms with Gasteiger partial charge in [0.1, 0.15) is 0 Å². The molecule has 0 saturated carbocycles. The summed E-state index contributed by atoms with van der Waals surface area (Å²) in [5.41, 5.74) is 0.461. The highest BCUT2D eigenvalue weighted by molar-refractivity contribution is 7.90. The van der Waals surface area contributed by atoms with Gasteiger partial charge in [-0.2, -0.15) is 0 Å². The summed E-state index contributed by atoms with van der Waals surface area (Å²) in [5.74, 6) is 2.05. The molecule has 0 bridgehead atoms. The summed E-state index contributed by atoms with van der Waals surface area (Å²) in [7, 11) is -3.24. The molecule has 0 saturated heterocycles. The molecule has 5 nitrogen and oxygen atoms in total. The number of non-ortho nitro benzene ring substituents is 1. The van der Waals surface area contributed by atoms with E-state index < -0.39 is 14.8 Å². The zero-order valence-electron chi connectivity index (χ0n) is 9.00. The van der Waals surface area contributed by atoms with Crippen molar-refractivity contribution in [2.75, 3.05) is 5.75 Å². The highest BCUT2D eigenvalue weighted by atomic mass is 32.2. The van der Waals surface area contributed by atoms with E-state index in [0.717, 1.165) is 0 Å². The number of nitro groups is 1. The van der Waals surface area contributed by atoms with Crippen LogP contribution < -0.4 is 0 Å². The van der Waals surface area contributed by atoms with Crippen LogP contribution in [0.2, 0.25) is 0 Å². The first-order chi connectivity index (χ1) is 7.94. The SMILES string of the molecule is C#CCCS(=O)(=O)Cc1ccc([N+](=O)[O-])cc1. The molecule has 0 aliphatic rings. The van der Waals surface area contributed by atoms with E-state index in [1.54, 1.807) is 0 Å². The number of hydrogen-bond acceptors (Lipinski definition) is 4. The summed E-state index contributed by atoms with van der Waals surface area (Å²) in [4.78, 5) is 9.87. The topological polar surface area (TPSA) is 77.3 Å². The van der Waals surface area contributed by atoms with Gasteiger partial charge in [-0.05, 0) is 5.56 Å². The van der Waals surface area contributed by atoms with Crippen LogP contribution in [0.3, 0.4) is 0 Å². The molecule has 1 rings (SSSR count). The Morgan fingerprint density at radius 1 is 1.29 bits per heavy atom. The molecule has 17 heavy (non-hydrogen) atoms. The van der Waals surface area contributed by atoms with Gasteiger partial charge in [0.05, 0.1) is 16.4 Å². The van der Waals surface area contributed by atoms with Crippen molar-refractivity contribution < 1.29 is 13.3 Å². The predicted molar refractivity (Wildman–Crippen MR) is 64.0 cm³/mol. The van der Waals surface area contributed by atoms with Gasteiger partial charge >= 0.3 is 0 Å². The lowest BCUT2D eigenvalue weighted by molar-refractivity contribution is -0.384. The van der Waals surface area contributed by atoms with Crippen LogP contribution in [-0.2, 0) is 15.6 Å². The summed E-state index contributed by atoms with van der Waals surface area (Å²) in [6, 6.07) is 5.44. The van der Waals surface area contributed by atoms with Gasteiger partial charge in [-0.3, -0.25) is 10.1 Å². The first-order valence-corrected chi connectivity index (χ1v) is 6.64. The third kappa shape index (κ3) is 4.25. The molecule has 90 valence electrons. The standard InChI is InChI=1S/C11H11NO4S/c1-2-3-8-17(15,16)9-10-4-6-11(7-5-10)12(13)14/h1,4-7H,3,8-9H2. The summed E-state index contributed by atoms with van der Waals surface area (Å²) >= 11 is 0. The van der Waals surface area contributed by atoms with Crippen molar-refractivity contribution in [1.29, 1.82) is 0 Å². The van der Waals surface area contributed by atoms with Gasteiger partial charge in [0.2, 0.25) is 0 Å². The van der Waals surface area contributed by atoms with Crippen molar-refractivity contribution in [1.82, 2.24) is 0 Å². The van der Waals surface area contributed by atoms with Crippen molar-refractivity contribution in [2.24, 2.45) is 0 Å². The molecule has 0 radical (unpaired) electrons. The maximum Gasteiger partial charge on any atom is 0.269 e. The Bertz CT molecular complexity index is 540. The van der Waals surface area contributed by atoms with E-state index in [-0.39, 0.29) is 23.6 Å². The summed E-state index contributed by atoms with van der Waals surface area (Å²) in [5, 5.41) is 10.4. The fourth-order valence-corrected chi connectivity index (χ4v) is 2.53. The Balaban J connectivity index is 2.76. The van der Waals surface area contributed by atoms with Crippen LogP contribution in [0.5, 0.6) is 0 Å². The van der Waals surface area contributed by atoms with E-state index in [9.17, 15) is 18.5 Å². The quantitative estimate of drug-likeness (QED) is 0.453. The van der Waals surface area contributed by atoms with E-state index in [1.807, 2.05) is 0 Å². The van der Waals surface area contributed by atoms with Crippen molar-refractivity contribution in [3.05, 3.63) is 39.9 Å². The van der Waals surface area contributed by atoms with Crippen molar-refractivity contribution in [2.45, 2.75) is 12.2 Å². The van der Waals surface area contributed by atoms with Crippen LogP contribution in [-0.4, -0.2) is 19.1 Å². The van der Waals surface area contributed by atoms with Gasteiger partial charge in [-0.1, -0.05) is 12.1 Å². The van der Waals surface area contributed by atoms with Crippen LogP contribution >= 0.6 is 0 Å². The molecule has 0 N–H and O–H groups in total. The van der Waals surface area contributed by atoms with Crippen LogP contribution in [0.4, 0.5) is 5.69 Å². The second-order valence-electron chi connectivity index (χ2n) is 3.47. The van der Waals surface area contributed by atoms with Gasteiger partial charge in [0.15, 0.2) is 9.84 Å². The minimum absolute atomic E-state index is 0.0604. The molecule has 6 heteroatoms. The summed E-state index contributed by atoms with van der Waals surface area (Å²) < 4.78 is 23.1. The average molecular weight is 253 g/mol. The Hall–Kier alpha value is -1.87. The lowest BCUT2D eigenvalue weighted by Gasteiger charge is -2.02. The Labute approximate surface area is 99.5 Å². The number of sulfone groups is 1. The van der Waals surface area contributed by atoms with Crippen LogP contribution in [0.15, 0.2) is 24.3 Å². The highest BCUT2D eigenvalue weighted by Crippen LogP contribution is 2.14. The van der Waals surface area contributed by atoms with Gasteiger partial charge < -0.3 is 0 Å². The predicted octanol–water partition coefficient (Wildman–Crippen LogP) is 1.53. The van der Waals surface area contributed by atoms with E-state index in [0.29, 0.717) is 5.56 Å². The second-order valence-corrected chi connectivity index (χ2v) is 5.65. The zero-order chi connectivity index (χ0) is 12.9. The van der Waals surface area contributed by atoms with Crippen LogP contribution in [0, 0.1) is 22.5 Å². The molecule has 0 spiro atoms. The molecule has 0 unspecified atom stereocenters. The van der Waals surface area contributed by atoms with Crippen LogP contribution in [0.1, 0.15) is 12.0 Å². The van der Waals surface area contributed by atoms with E-state index in [2.05, 4.69) is 5.92 Å². The normalized spacial score (nSPS) is 10.8. The Morgan fingerprint density at radius 2 is 1.88 bits per heavy atom. The monoisotopic (exact) mass is 253 g/mol. The van der Waals surface area contributed by atoms with Crippen LogP contribution in [0.25, 0.3) is 0 Å². The third-order valence-electron chi connectivity index (χ3n) is 2.09. The maximum absolute atomic E-state index is 11.5. The second kappa shape index (κ2) is 5.46. The number of nitro benzene ring substituents is 1. The molecule has 1 aromatic rings. The molecule has 0 aromatic heterocycles. The largest absolute Gasteiger partial charge is 0.269 e. The first kappa shape index (κ1) is 13.2. The molecular weight excluding hydrogens is 242 g/mol. The molecule has 0 atom stereocenters. The molecule has 0 aliphatic carbocycles. The summed E-state index contributed by atoms with van der Waals surface area (Å²) in [6.07, 6.45) is 5.17. The highest BCUT2D eigenvalue weighted by Gasteiger charge is 2.12. The van der Waals surface area contributed by atoms with Crippen molar-refractivity contribution in [3.8, 4) is 12.3 Å². The molecular formula is C11H11NO4S. The molecule has 0 aliphatic heterocycles. The summed E-state index contributed by atoms with van der Waals surface area (Å²) in [6.45, 7) is 0. The van der Waals surface area contributed by atoms with Gasteiger partial charge in [-0.15, -0.1) is 12.3 Å². The number of nitrogens with zero attached hydrogens (tertiary/aromatic N) is 1. The molecule has 0 heterocycles. The lowest BCUT2D eigenvalue weighted by Crippen LogP contribution is -2.08. The number of terminal acetylenes is 1. The van der Waals surface area contributed by atoms with Gasteiger partial charge in [0, 0.05) is 18.6 Å². The number of hydrogen-bond donors (Lipinski definition) is 0. The first-order valence-electron chi connectivity index (χ1n) is 4.82. The van der Waals surface area contributed by atoms with Gasteiger partial charge in [0.25, 0.3) is 5.69 Å². The van der Waals surface area contributed by atoms with Crippen molar-refractivity contribution >= 4 is 15.5 Å². The van der Waals surface area contributed by atoms with E-state index in [4.69, 9.17) is 6.42 Å². The van der Waals surface area contributed by atoms with Crippen molar-refractivity contribution in [3.63, 3.8) is 0 Å². The Kier molecular flexibility index (Phi) is 4.24. The number of rotatable bonds is 5.